The molecule has 1 heterocycles. The third-order valence-electron chi connectivity index (χ3n) is 4.63. The highest BCUT2D eigenvalue weighted by atomic mass is 35.5. The number of hydrogen-bond acceptors (Lipinski definition) is 4. The Labute approximate surface area is 197 Å². The molecule has 0 spiro atoms. The maximum atomic E-state index is 12.7. The van der Waals surface area contributed by atoms with Gasteiger partial charge < -0.3 is 10.4 Å². The summed E-state index contributed by atoms with van der Waals surface area (Å²) < 4.78 is 1.21. The Morgan fingerprint density at radius 3 is 2.59 bits per heavy atom. The second kappa shape index (κ2) is 11.4. The van der Waals surface area contributed by atoms with Gasteiger partial charge in [-0.2, -0.15) is 0 Å². The van der Waals surface area contributed by atoms with E-state index in [1.54, 1.807) is 42.7 Å². The molecule has 0 aliphatic rings. The molecule has 8 heteroatoms. The summed E-state index contributed by atoms with van der Waals surface area (Å²) in [5.74, 6) is -0.821. The van der Waals surface area contributed by atoms with Crippen LogP contribution in [0.15, 0.2) is 79.1 Å². The number of carboxylic acids is 1. The van der Waals surface area contributed by atoms with Crippen LogP contribution >= 0.6 is 24.4 Å². The fourth-order valence-electron chi connectivity index (χ4n) is 3.08. The van der Waals surface area contributed by atoms with Gasteiger partial charge in [-0.05, 0) is 54.3 Å². The zero-order valence-electron chi connectivity index (χ0n) is 17.1. The van der Waals surface area contributed by atoms with E-state index in [1.807, 2.05) is 36.4 Å². The van der Waals surface area contributed by atoms with Gasteiger partial charge in [0.05, 0.1) is 16.4 Å². The lowest BCUT2D eigenvalue weighted by atomic mass is 9.97. The van der Waals surface area contributed by atoms with E-state index >= 15 is 0 Å². The van der Waals surface area contributed by atoms with E-state index in [-0.39, 0.29) is 6.42 Å². The van der Waals surface area contributed by atoms with E-state index in [9.17, 15) is 9.59 Å². The van der Waals surface area contributed by atoms with Crippen molar-refractivity contribution >= 4 is 53.4 Å². The van der Waals surface area contributed by atoms with Gasteiger partial charge in [0.15, 0.2) is 0 Å². The van der Waals surface area contributed by atoms with E-state index in [1.165, 1.54) is 4.31 Å². The van der Waals surface area contributed by atoms with Crippen molar-refractivity contribution in [2.24, 2.45) is 0 Å². The summed E-state index contributed by atoms with van der Waals surface area (Å²) in [7, 11) is 0. The van der Waals surface area contributed by atoms with Gasteiger partial charge in [0, 0.05) is 24.4 Å². The van der Waals surface area contributed by atoms with Crippen molar-refractivity contribution in [3.8, 4) is 0 Å². The van der Waals surface area contributed by atoms with Crippen LogP contribution < -0.4 is 9.62 Å². The predicted octanol–water partition coefficient (Wildman–Crippen LogP) is 6.30. The van der Waals surface area contributed by atoms with Crippen molar-refractivity contribution in [1.29, 1.82) is 0 Å². The van der Waals surface area contributed by atoms with Crippen LogP contribution in [0.1, 0.15) is 30.4 Å². The van der Waals surface area contributed by atoms with Crippen LogP contribution in [0.25, 0.3) is 5.57 Å². The monoisotopic (exact) mass is 467 g/mol. The SMILES string of the molecule is O=C(O)CCCC=C(c1cccnc1)c1cccc(N(S)C(=O)Nc2ccccc2Cl)c1. The number of carbonyl (C=O) groups is 2. The number of urea groups is 1. The average Bonchev–Trinajstić information content (AvgIpc) is 2.80. The molecule has 1 aromatic heterocycles. The number of para-hydroxylation sites is 1. The fraction of sp³-hybridized carbons (Fsp3) is 0.125. The summed E-state index contributed by atoms with van der Waals surface area (Å²) in [6.45, 7) is 0. The quantitative estimate of drug-likeness (QED) is 0.268. The molecule has 6 nitrogen and oxygen atoms in total. The molecule has 0 bridgehead atoms. The zero-order chi connectivity index (χ0) is 22.9. The molecule has 0 unspecified atom stereocenters. The number of halogens is 1. The molecule has 3 rings (SSSR count). The second-order valence-electron chi connectivity index (χ2n) is 6.92. The number of anilines is 2. The standard InChI is InChI=1S/C24H22ClN3O3S/c25-21-11-2-3-12-22(21)27-24(31)28(32)19-9-5-7-17(15-19)20(10-1-4-13-23(29)30)18-8-6-14-26-16-18/h2-3,5-12,14-16,32H,1,4,13H2,(H,27,31)(H,29,30). The van der Waals surface area contributed by atoms with Crippen LogP contribution in [0.5, 0.6) is 0 Å². The molecular formula is C24H22ClN3O3S. The number of rotatable bonds is 8. The lowest BCUT2D eigenvalue weighted by Gasteiger charge is -2.18. The van der Waals surface area contributed by atoms with E-state index in [4.69, 9.17) is 16.7 Å². The van der Waals surface area contributed by atoms with Gasteiger partial charge in [0.2, 0.25) is 0 Å². The number of nitrogens with zero attached hydrogens (tertiary/aromatic N) is 2. The highest BCUT2D eigenvalue weighted by Gasteiger charge is 2.15. The topological polar surface area (TPSA) is 82.5 Å². The molecule has 0 radical (unpaired) electrons. The molecule has 0 aliphatic carbocycles. The van der Waals surface area contributed by atoms with Crippen LogP contribution in [0.4, 0.5) is 16.2 Å². The van der Waals surface area contributed by atoms with Crippen molar-refractivity contribution < 1.29 is 14.7 Å². The van der Waals surface area contributed by atoms with Crippen LogP contribution in [0.2, 0.25) is 5.02 Å². The number of nitrogens with one attached hydrogen (secondary N) is 1. The Morgan fingerprint density at radius 2 is 1.88 bits per heavy atom. The summed E-state index contributed by atoms with van der Waals surface area (Å²) >= 11 is 10.5. The number of hydrogen-bond donors (Lipinski definition) is 3. The Bertz CT molecular complexity index is 1120. The molecule has 0 atom stereocenters. The summed E-state index contributed by atoms with van der Waals surface area (Å²) in [5.41, 5.74) is 3.71. The minimum absolute atomic E-state index is 0.101. The third kappa shape index (κ3) is 6.35. The summed E-state index contributed by atoms with van der Waals surface area (Å²) in [6.07, 6.45) is 6.65. The van der Waals surface area contributed by atoms with Gasteiger partial charge in [-0.15, -0.1) is 0 Å². The van der Waals surface area contributed by atoms with Gasteiger partial charge in [0.1, 0.15) is 0 Å². The molecule has 0 saturated carbocycles. The molecule has 0 fully saturated rings. The largest absolute Gasteiger partial charge is 0.481 e. The summed E-state index contributed by atoms with van der Waals surface area (Å²) in [4.78, 5) is 27.7. The molecule has 2 N–H and O–H groups in total. The van der Waals surface area contributed by atoms with Gasteiger partial charge in [-0.1, -0.05) is 60.8 Å². The van der Waals surface area contributed by atoms with Gasteiger partial charge in [-0.3, -0.25) is 9.78 Å². The normalized spacial score (nSPS) is 11.1. The van der Waals surface area contributed by atoms with Gasteiger partial charge in [-0.25, -0.2) is 9.10 Å². The lowest BCUT2D eigenvalue weighted by molar-refractivity contribution is -0.137. The average molecular weight is 468 g/mol. The highest BCUT2D eigenvalue weighted by Crippen LogP contribution is 2.29. The first-order valence-corrected chi connectivity index (χ1v) is 10.7. The van der Waals surface area contributed by atoms with Crippen LogP contribution in [-0.2, 0) is 4.79 Å². The smallest absolute Gasteiger partial charge is 0.336 e. The molecule has 164 valence electrons. The fourth-order valence-corrected chi connectivity index (χ4v) is 3.43. The third-order valence-corrected chi connectivity index (χ3v) is 5.37. The summed E-state index contributed by atoms with van der Waals surface area (Å²) in [6, 6.07) is 17.6. The zero-order valence-corrected chi connectivity index (χ0v) is 18.8. The number of carboxylic acid groups (broad SMARTS) is 1. The van der Waals surface area contributed by atoms with Crippen LogP contribution in [0, 0.1) is 0 Å². The number of aromatic nitrogens is 1. The van der Waals surface area contributed by atoms with Crippen LogP contribution in [0.3, 0.4) is 0 Å². The Kier molecular flexibility index (Phi) is 8.30. The highest BCUT2D eigenvalue weighted by molar-refractivity contribution is 7.82. The van der Waals surface area contributed by atoms with Crippen molar-refractivity contribution in [2.45, 2.75) is 19.3 Å². The number of amides is 2. The molecule has 2 amide bonds. The van der Waals surface area contributed by atoms with E-state index in [0.717, 1.165) is 16.7 Å². The molecule has 0 saturated heterocycles. The Morgan fingerprint density at radius 1 is 1.09 bits per heavy atom. The molecule has 2 aromatic carbocycles. The molecule has 3 aromatic rings. The molecular weight excluding hydrogens is 446 g/mol. The number of benzene rings is 2. The van der Waals surface area contributed by atoms with Gasteiger partial charge in [0.25, 0.3) is 0 Å². The van der Waals surface area contributed by atoms with Crippen molar-refractivity contribution in [1.82, 2.24) is 4.98 Å². The van der Waals surface area contributed by atoms with Crippen molar-refractivity contribution in [3.63, 3.8) is 0 Å². The first kappa shape index (κ1) is 23.4. The van der Waals surface area contributed by atoms with Crippen LogP contribution in [-0.4, -0.2) is 22.1 Å². The maximum Gasteiger partial charge on any atom is 0.336 e. The number of allylic oxidation sites excluding steroid dienone is 1. The Balaban J connectivity index is 1.85. The predicted molar refractivity (Wildman–Crippen MR) is 131 cm³/mol. The summed E-state index contributed by atoms with van der Waals surface area (Å²) in [5, 5.41) is 12.1. The van der Waals surface area contributed by atoms with E-state index < -0.39 is 12.0 Å². The second-order valence-corrected chi connectivity index (χ2v) is 7.72. The van der Waals surface area contributed by atoms with E-state index in [2.05, 4.69) is 23.1 Å². The van der Waals surface area contributed by atoms with Crippen molar-refractivity contribution in [3.05, 3.63) is 95.3 Å². The molecule has 0 aliphatic heterocycles. The number of aliphatic carboxylic acids is 1. The minimum Gasteiger partial charge on any atom is -0.481 e. The van der Waals surface area contributed by atoms with Gasteiger partial charge >= 0.3 is 12.0 Å². The minimum atomic E-state index is -0.821. The number of unbranched alkanes of at least 4 members (excludes halogenated alkanes) is 1. The first-order chi connectivity index (χ1) is 15.5. The maximum absolute atomic E-state index is 12.7. The Hall–Kier alpha value is -3.29. The van der Waals surface area contributed by atoms with E-state index in [0.29, 0.717) is 29.2 Å². The number of carbonyl (C=O) groups excluding carboxylic acids is 1. The van der Waals surface area contributed by atoms with Crippen molar-refractivity contribution in [2.75, 3.05) is 9.62 Å². The first-order valence-electron chi connectivity index (χ1n) is 9.93. The lowest BCUT2D eigenvalue weighted by Crippen LogP contribution is -2.26. The number of thiol groups is 1. The number of pyridine rings is 1. The molecule has 32 heavy (non-hydrogen) atoms.